The van der Waals surface area contributed by atoms with Gasteiger partial charge in [-0.05, 0) is 53.9 Å². The van der Waals surface area contributed by atoms with Crippen LogP contribution in [0.5, 0.6) is 5.75 Å². The van der Waals surface area contributed by atoms with E-state index in [1.807, 2.05) is 19.1 Å². The van der Waals surface area contributed by atoms with Gasteiger partial charge in [-0.25, -0.2) is 14.8 Å². The molecular formula is C25H22BrN3O3. The van der Waals surface area contributed by atoms with Crippen LogP contribution < -0.4 is 10.1 Å². The van der Waals surface area contributed by atoms with Crippen molar-refractivity contribution in [2.45, 2.75) is 13.3 Å². The largest absolute Gasteiger partial charge is 0.493 e. The molecule has 162 valence electrons. The zero-order valence-corrected chi connectivity index (χ0v) is 19.1. The van der Waals surface area contributed by atoms with Crippen molar-refractivity contribution in [3.8, 4) is 17.1 Å². The van der Waals surface area contributed by atoms with Crippen molar-refractivity contribution in [3.63, 3.8) is 0 Å². The molecule has 0 aliphatic carbocycles. The highest BCUT2D eigenvalue weighted by Crippen LogP contribution is 2.28. The van der Waals surface area contributed by atoms with Gasteiger partial charge in [0.15, 0.2) is 5.82 Å². The molecule has 0 radical (unpaired) electrons. The summed E-state index contributed by atoms with van der Waals surface area (Å²) in [5.41, 5.74) is 2.07. The first-order chi connectivity index (χ1) is 15.6. The second-order valence-electron chi connectivity index (χ2n) is 7.14. The van der Waals surface area contributed by atoms with Crippen molar-refractivity contribution >= 4 is 38.5 Å². The number of fused-ring (bicyclic) bond motifs is 1. The number of nitrogens with one attached hydrogen (secondary N) is 1. The maximum atomic E-state index is 11.4. The molecule has 32 heavy (non-hydrogen) atoms. The van der Waals surface area contributed by atoms with Crippen LogP contribution in [0.3, 0.4) is 0 Å². The van der Waals surface area contributed by atoms with Gasteiger partial charge in [0.1, 0.15) is 17.1 Å². The molecule has 1 heterocycles. The Hall–Kier alpha value is -3.45. The van der Waals surface area contributed by atoms with Crippen LogP contribution >= 0.6 is 15.9 Å². The molecule has 2 N–H and O–H groups in total. The van der Waals surface area contributed by atoms with Gasteiger partial charge in [0.2, 0.25) is 0 Å². The number of nitrogens with zero attached hydrogens (tertiary/aromatic N) is 2. The quantitative estimate of drug-likeness (QED) is 0.323. The molecule has 6 nitrogen and oxygen atoms in total. The fraction of sp³-hybridized carbons (Fsp3) is 0.160. The summed E-state index contributed by atoms with van der Waals surface area (Å²) in [4.78, 5) is 20.3. The van der Waals surface area contributed by atoms with Gasteiger partial charge in [-0.3, -0.25) is 0 Å². The predicted molar refractivity (Wildman–Crippen MR) is 129 cm³/mol. The Morgan fingerprint density at radius 2 is 1.91 bits per heavy atom. The smallest absolute Gasteiger partial charge is 0.339 e. The van der Waals surface area contributed by atoms with Crippen molar-refractivity contribution in [1.82, 2.24) is 9.97 Å². The van der Waals surface area contributed by atoms with E-state index in [9.17, 15) is 9.90 Å². The average Bonchev–Trinajstić information content (AvgIpc) is 2.81. The number of benzene rings is 3. The van der Waals surface area contributed by atoms with Crippen molar-refractivity contribution in [3.05, 3.63) is 82.5 Å². The standard InChI is InChI=1S/C25H22BrN3O3/c1-2-32-22-15-17(7-9-20(22)25(30)31)24-28-14-12-23(29-24)27-13-11-16-8-10-21(26)19-6-4-3-5-18(16)19/h3-10,12,14-15H,2,11,13H2,1H3,(H,30,31)(H,27,28,29). The number of hydrogen-bond donors (Lipinski definition) is 2. The van der Waals surface area contributed by atoms with Crippen LogP contribution in [-0.2, 0) is 6.42 Å². The van der Waals surface area contributed by atoms with Crippen LogP contribution in [-0.4, -0.2) is 34.2 Å². The third-order valence-corrected chi connectivity index (χ3v) is 5.78. The van der Waals surface area contributed by atoms with E-state index >= 15 is 0 Å². The third-order valence-electron chi connectivity index (χ3n) is 5.09. The summed E-state index contributed by atoms with van der Waals surface area (Å²) in [6.45, 7) is 2.90. The lowest BCUT2D eigenvalue weighted by Gasteiger charge is -2.11. The van der Waals surface area contributed by atoms with Crippen LogP contribution in [0.15, 0.2) is 71.3 Å². The van der Waals surface area contributed by atoms with Gasteiger partial charge in [-0.15, -0.1) is 0 Å². The Labute approximate surface area is 194 Å². The zero-order valence-electron chi connectivity index (χ0n) is 17.5. The lowest BCUT2D eigenvalue weighted by atomic mass is 10.0. The molecular weight excluding hydrogens is 470 g/mol. The number of ether oxygens (including phenoxy) is 1. The number of hydrogen-bond acceptors (Lipinski definition) is 5. The lowest BCUT2D eigenvalue weighted by molar-refractivity contribution is 0.0692. The Balaban J connectivity index is 1.50. The molecule has 0 aliphatic rings. The summed E-state index contributed by atoms with van der Waals surface area (Å²) in [5, 5.41) is 15.1. The molecule has 0 saturated carbocycles. The molecule has 0 atom stereocenters. The highest BCUT2D eigenvalue weighted by atomic mass is 79.9. The number of carbonyl (C=O) groups is 1. The summed E-state index contributed by atoms with van der Waals surface area (Å²) in [6, 6.07) is 19.2. The summed E-state index contributed by atoms with van der Waals surface area (Å²) >= 11 is 3.62. The van der Waals surface area contributed by atoms with Crippen LogP contribution in [0.25, 0.3) is 22.2 Å². The molecule has 4 aromatic rings. The summed E-state index contributed by atoms with van der Waals surface area (Å²) < 4.78 is 6.58. The monoisotopic (exact) mass is 491 g/mol. The van der Waals surface area contributed by atoms with Crippen molar-refractivity contribution < 1.29 is 14.6 Å². The van der Waals surface area contributed by atoms with Crippen LogP contribution in [0.4, 0.5) is 5.82 Å². The SMILES string of the molecule is CCOc1cc(-c2nccc(NCCc3ccc(Br)c4ccccc34)n2)ccc1C(=O)O. The van der Waals surface area contributed by atoms with Gasteiger partial charge in [-0.1, -0.05) is 52.3 Å². The second-order valence-corrected chi connectivity index (χ2v) is 8.00. The van der Waals surface area contributed by atoms with E-state index < -0.39 is 5.97 Å². The first kappa shape index (κ1) is 21.8. The molecule has 0 spiro atoms. The summed E-state index contributed by atoms with van der Waals surface area (Å²) in [6.07, 6.45) is 2.53. The van der Waals surface area contributed by atoms with E-state index in [2.05, 4.69) is 61.5 Å². The maximum absolute atomic E-state index is 11.4. The fourth-order valence-electron chi connectivity index (χ4n) is 3.58. The number of carboxylic acid groups (broad SMARTS) is 1. The molecule has 0 fully saturated rings. The first-order valence-corrected chi connectivity index (χ1v) is 11.1. The third kappa shape index (κ3) is 4.73. The highest BCUT2D eigenvalue weighted by Gasteiger charge is 2.14. The van der Waals surface area contributed by atoms with E-state index in [1.54, 1.807) is 18.3 Å². The van der Waals surface area contributed by atoms with E-state index in [1.165, 1.54) is 22.4 Å². The number of aromatic nitrogens is 2. The Kier molecular flexibility index (Phi) is 6.66. The minimum atomic E-state index is -1.03. The minimum Gasteiger partial charge on any atom is -0.493 e. The van der Waals surface area contributed by atoms with Gasteiger partial charge >= 0.3 is 5.97 Å². The Bertz CT molecular complexity index is 1280. The lowest BCUT2D eigenvalue weighted by Crippen LogP contribution is -2.07. The molecule has 3 aromatic carbocycles. The van der Waals surface area contributed by atoms with E-state index in [0.29, 0.717) is 36.1 Å². The number of halogens is 1. The highest BCUT2D eigenvalue weighted by molar-refractivity contribution is 9.10. The summed E-state index contributed by atoms with van der Waals surface area (Å²) in [7, 11) is 0. The molecule has 1 aromatic heterocycles. The van der Waals surface area contributed by atoms with Gasteiger partial charge in [0.05, 0.1) is 6.61 Å². The van der Waals surface area contributed by atoms with E-state index in [-0.39, 0.29) is 5.56 Å². The molecule has 0 bridgehead atoms. The van der Waals surface area contributed by atoms with Crippen molar-refractivity contribution in [2.75, 3.05) is 18.5 Å². The molecule has 0 amide bonds. The fourth-order valence-corrected chi connectivity index (χ4v) is 4.06. The van der Waals surface area contributed by atoms with E-state index in [0.717, 1.165) is 10.9 Å². The van der Waals surface area contributed by atoms with Gasteiger partial charge in [-0.2, -0.15) is 0 Å². The van der Waals surface area contributed by atoms with Gasteiger partial charge < -0.3 is 15.2 Å². The number of rotatable bonds is 8. The van der Waals surface area contributed by atoms with Crippen molar-refractivity contribution in [2.24, 2.45) is 0 Å². The summed E-state index contributed by atoms with van der Waals surface area (Å²) in [5.74, 6) is 0.483. The normalized spacial score (nSPS) is 10.8. The first-order valence-electron chi connectivity index (χ1n) is 10.3. The Morgan fingerprint density at radius 3 is 2.69 bits per heavy atom. The topological polar surface area (TPSA) is 84.3 Å². The van der Waals surface area contributed by atoms with Gasteiger partial charge in [0, 0.05) is 22.8 Å². The van der Waals surface area contributed by atoms with E-state index in [4.69, 9.17) is 4.74 Å². The molecule has 7 heteroatoms. The van der Waals surface area contributed by atoms with Crippen LogP contribution in [0.2, 0.25) is 0 Å². The van der Waals surface area contributed by atoms with Crippen molar-refractivity contribution in [1.29, 1.82) is 0 Å². The number of carboxylic acids is 1. The predicted octanol–water partition coefficient (Wildman–Crippen LogP) is 5.81. The number of aromatic carboxylic acids is 1. The van der Waals surface area contributed by atoms with Gasteiger partial charge in [0.25, 0.3) is 0 Å². The van der Waals surface area contributed by atoms with Crippen LogP contribution in [0, 0.1) is 0 Å². The molecule has 0 aliphatic heterocycles. The molecule has 4 rings (SSSR count). The minimum absolute atomic E-state index is 0.117. The van der Waals surface area contributed by atoms with Crippen LogP contribution in [0.1, 0.15) is 22.8 Å². The second kappa shape index (κ2) is 9.78. The average molecular weight is 492 g/mol. The molecule has 0 unspecified atom stereocenters. The zero-order chi connectivity index (χ0) is 22.5. The maximum Gasteiger partial charge on any atom is 0.339 e. The Morgan fingerprint density at radius 1 is 1.09 bits per heavy atom. The number of anilines is 1. The molecule has 0 saturated heterocycles.